The average Bonchev–Trinajstić information content (AvgIpc) is 3.02. The van der Waals surface area contributed by atoms with Gasteiger partial charge in [0.25, 0.3) is 0 Å². The van der Waals surface area contributed by atoms with Crippen LogP contribution in [-0.4, -0.2) is 53.2 Å². The third-order valence-corrected chi connectivity index (χ3v) is 5.10. The Hall–Kier alpha value is -1.79. The molecule has 24 heavy (non-hydrogen) atoms. The highest BCUT2D eigenvalue weighted by Gasteiger charge is 2.55. The van der Waals surface area contributed by atoms with E-state index in [1.807, 2.05) is 6.92 Å². The number of nitrogens with one attached hydrogen (secondary N) is 1. The van der Waals surface area contributed by atoms with Crippen molar-refractivity contribution < 1.29 is 24.2 Å². The van der Waals surface area contributed by atoms with Gasteiger partial charge in [0.15, 0.2) is 0 Å². The van der Waals surface area contributed by atoms with Crippen molar-refractivity contribution in [3.63, 3.8) is 0 Å². The fourth-order valence-corrected chi connectivity index (χ4v) is 3.82. The van der Waals surface area contributed by atoms with Crippen molar-refractivity contribution in [1.82, 2.24) is 10.2 Å². The highest BCUT2D eigenvalue weighted by atomic mass is 16.5. The zero-order chi connectivity index (χ0) is 17.9. The van der Waals surface area contributed by atoms with E-state index in [1.165, 1.54) is 0 Å². The molecule has 1 heterocycles. The molecule has 0 spiro atoms. The van der Waals surface area contributed by atoms with Crippen molar-refractivity contribution in [3.8, 4) is 0 Å². The standard InChI is InChI=1S/C17H28N2O5/c1-11(2)24-14(20)7-6-12(3)18-16(23)19-9-13-5-4-8-17(13,10-19)15(21)22/h11-13H,4-10H2,1-3H3,(H,18,23)(H,21,22)/t12?,13-,17+/m0/s1. The van der Waals surface area contributed by atoms with E-state index in [0.717, 1.165) is 12.8 Å². The maximum absolute atomic E-state index is 12.4. The third-order valence-electron chi connectivity index (χ3n) is 5.10. The molecule has 1 saturated carbocycles. The molecule has 0 aromatic rings. The molecule has 3 atom stereocenters. The zero-order valence-electron chi connectivity index (χ0n) is 14.7. The zero-order valence-corrected chi connectivity index (χ0v) is 14.7. The number of amides is 2. The van der Waals surface area contributed by atoms with Crippen LogP contribution in [-0.2, 0) is 14.3 Å². The van der Waals surface area contributed by atoms with Gasteiger partial charge in [0.05, 0.1) is 11.5 Å². The highest BCUT2D eigenvalue weighted by molar-refractivity contribution is 5.80. The molecule has 7 heteroatoms. The van der Waals surface area contributed by atoms with Gasteiger partial charge in [0.2, 0.25) is 0 Å². The molecule has 1 aliphatic carbocycles. The van der Waals surface area contributed by atoms with Gasteiger partial charge in [-0.25, -0.2) is 4.79 Å². The second kappa shape index (κ2) is 7.40. The first kappa shape index (κ1) is 18.5. The molecule has 7 nitrogen and oxygen atoms in total. The molecule has 1 saturated heterocycles. The minimum absolute atomic E-state index is 0.0528. The number of rotatable bonds is 6. The number of aliphatic carboxylic acids is 1. The maximum Gasteiger partial charge on any atom is 0.317 e. The summed E-state index contributed by atoms with van der Waals surface area (Å²) in [6, 6.07) is -0.409. The van der Waals surface area contributed by atoms with Gasteiger partial charge < -0.3 is 20.1 Å². The summed E-state index contributed by atoms with van der Waals surface area (Å²) in [5.74, 6) is -1.01. The van der Waals surface area contributed by atoms with Gasteiger partial charge >= 0.3 is 18.0 Å². The first-order valence-electron chi connectivity index (χ1n) is 8.73. The fourth-order valence-electron chi connectivity index (χ4n) is 3.82. The fraction of sp³-hybridized carbons (Fsp3) is 0.824. The Morgan fingerprint density at radius 2 is 2.04 bits per heavy atom. The average molecular weight is 340 g/mol. The molecule has 2 rings (SSSR count). The lowest BCUT2D eigenvalue weighted by molar-refractivity contribution is -0.149. The molecule has 0 bridgehead atoms. The Morgan fingerprint density at radius 1 is 1.33 bits per heavy atom. The lowest BCUT2D eigenvalue weighted by atomic mass is 9.81. The second-order valence-electron chi connectivity index (χ2n) is 7.36. The number of hydrogen-bond acceptors (Lipinski definition) is 4. The van der Waals surface area contributed by atoms with Crippen LogP contribution in [0.15, 0.2) is 0 Å². The summed E-state index contributed by atoms with van der Waals surface area (Å²) >= 11 is 0. The molecule has 1 unspecified atom stereocenters. The molecule has 0 radical (unpaired) electrons. The maximum atomic E-state index is 12.4. The van der Waals surface area contributed by atoms with Crippen molar-refractivity contribution in [1.29, 1.82) is 0 Å². The molecular formula is C17H28N2O5. The van der Waals surface area contributed by atoms with Crippen LogP contribution in [0, 0.1) is 11.3 Å². The van der Waals surface area contributed by atoms with Crippen LogP contribution in [0.4, 0.5) is 4.79 Å². The molecule has 2 amide bonds. The molecular weight excluding hydrogens is 312 g/mol. The van der Waals surface area contributed by atoms with Crippen LogP contribution >= 0.6 is 0 Å². The summed E-state index contributed by atoms with van der Waals surface area (Å²) in [5, 5.41) is 12.4. The number of ether oxygens (including phenoxy) is 1. The van der Waals surface area contributed by atoms with Gasteiger partial charge in [-0.3, -0.25) is 9.59 Å². The Balaban J connectivity index is 1.81. The molecule has 1 aliphatic heterocycles. The lowest BCUT2D eigenvalue weighted by Gasteiger charge is -2.24. The van der Waals surface area contributed by atoms with Crippen LogP contribution in [0.3, 0.4) is 0 Å². The van der Waals surface area contributed by atoms with E-state index in [-0.39, 0.29) is 43.0 Å². The van der Waals surface area contributed by atoms with Crippen LogP contribution < -0.4 is 5.32 Å². The summed E-state index contributed by atoms with van der Waals surface area (Å²) in [7, 11) is 0. The Morgan fingerprint density at radius 3 is 2.62 bits per heavy atom. The number of carbonyl (C=O) groups is 3. The number of carboxylic acid groups (broad SMARTS) is 1. The van der Waals surface area contributed by atoms with Crippen LogP contribution in [0.5, 0.6) is 0 Å². The van der Waals surface area contributed by atoms with E-state index >= 15 is 0 Å². The second-order valence-corrected chi connectivity index (χ2v) is 7.36. The van der Waals surface area contributed by atoms with E-state index in [0.29, 0.717) is 19.4 Å². The van der Waals surface area contributed by atoms with Crippen molar-refractivity contribution in [2.24, 2.45) is 11.3 Å². The number of carboxylic acids is 1. The van der Waals surface area contributed by atoms with Crippen LogP contribution in [0.2, 0.25) is 0 Å². The summed E-state index contributed by atoms with van der Waals surface area (Å²) in [6.07, 6.45) is 3.04. The molecule has 0 aromatic heterocycles. The number of esters is 1. The monoisotopic (exact) mass is 340 g/mol. The van der Waals surface area contributed by atoms with Crippen molar-refractivity contribution in [3.05, 3.63) is 0 Å². The summed E-state index contributed by atoms with van der Waals surface area (Å²) < 4.78 is 5.07. The van der Waals surface area contributed by atoms with Crippen LogP contribution in [0.1, 0.15) is 52.9 Å². The Bertz CT molecular complexity index is 507. The van der Waals surface area contributed by atoms with E-state index < -0.39 is 11.4 Å². The van der Waals surface area contributed by atoms with E-state index in [4.69, 9.17) is 4.74 Å². The van der Waals surface area contributed by atoms with Crippen molar-refractivity contribution >= 4 is 18.0 Å². The molecule has 2 N–H and O–H groups in total. The number of urea groups is 1. The number of fused-ring (bicyclic) bond motifs is 1. The highest BCUT2D eigenvalue weighted by Crippen LogP contribution is 2.48. The molecule has 2 aliphatic rings. The van der Waals surface area contributed by atoms with Crippen molar-refractivity contribution in [2.45, 2.75) is 65.0 Å². The molecule has 2 fully saturated rings. The quantitative estimate of drug-likeness (QED) is 0.721. The van der Waals surface area contributed by atoms with Crippen LogP contribution in [0.25, 0.3) is 0 Å². The topological polar surface area (TPSA) is 95.9 Å². The van der Waals surface area contributed by atoms with Gasteiger partial charge in [0, 0.05) is 25.6 Å². The number of carbonyl (C=O) groups excluding carboxylic acids is 2. The predicted molar refractivity (Wildman–Crippen MR) is 87.4 cm³/mol. The smallest absolute Gasteiger partial charge is 0.317 e. The SMILES string of the molecule is CC(CCC(=O)OC(C)C)NC(=O)N1C[C@@H]2CCC[C@@]2(C(=O)O)C1. The Labute approximate surface area is 142 Å². The molecule has 0 aromatic carbocycles. The lowest BCUT2D eigenvalue weighted by Crippen LogP contribution is -2.44. The normalized spacial score (nSPS) is 27.0. The number of nitrogens with zero attached hydrogens (tertiary/aromatic N) is 1. The summed E-state index contributed by atoms with van der Waals surface area (Å²) in [5.41, 5.74) is -0.762. The first-order chi connectivity index (χ1) is 11.2. The summed E-state index contributed by atoms with van der Waals surface area (Å²) in [4.78, 5) is 37.2. The van der Waals surface area contributed by atoms with Crippen molar-refractivity contribution in [2.75, 3.05) is 13.1 Å². The van der Waals surface area contributed by atoms with E-state index in [1.54, 1.807) is 18.7 Å². The minimum atomic E-state index is -0.787. The summed E-state index contributed by atoms with van der Waals surface area (Å²) in [6.45, 7) is 6.21. The minimum Gasteiger partial charge on any atom is -0.481 e. The van der Waals surface area contributed by atoms with Gasteiger partial charge in [-0.15, -0.1) is 0 Å². The third kappa shape index (κ3) is 3.99. The number of likely N-dealkylation sites (tertiary alicyclic amines) is 1. The predicted octanol–water partition coefficient (Wildman–Crippen LogP) is 2.00. The Kier molecular flexibility index (Phi) is 5.72. The van der Waals surface area contributed by atoms with Gasteiger partial charge in [-0.1, -0.05) is 6.42 Å². The molecule has 136 valence electrons. The van der Waals surface area contributed by atoms with E-state index in [9.17, 15) is 19.5 Å². The van der Waals surface area contributed by atoms with Gasteiger partial charge in [0.1, 0.15) is 0 Å². The van der Waals surface area contributed by atoms with E-state index in [2.05, 4.69) is 5.32 Å². The largest absolute Gasteiger partial charge is 0.481 e. The van der Waals surface area contributed by atoms with Gasteiger partial charge in [-0.05, 0) is 46.0 Å². The first-order valence-corrected chi connectivity index (χ1v) is 8.73. The van der Waals surface area contributed by atoms with Gasteiger partial charge in [-0.2, -0.15) is 0 Å². The number of hydrogen-bond donors (Lipinski definition) is 2.